The van der Waals surface area contributed by atoms with E-state index in [2.05, 4.69) is 27.7 Å². The van der Waals surface area contributed by atoms with E-state index in [1.165, 1.54) is 4.88 Å². The first-order valence-electron chi connectivity index (χ1n) is 10.8. The first-order chi connectivity index (χ1) is 15.8. The van der Waals surface area contributed by atoms with Crippen molar-refractivity contribution in [3.8, 4) is 11.5 Å². The largest absolute Gasteiger partial charge is 0.490 e. The Balaban J connectivity index is 1.34. The molecular weight excluding hydrogens is 424 g/mol. The smallest absolute Gasteiger partial charge is 0.255 e. The fourth-order valence-corrected chi connectivity index (χ4v) is 4.53. The van der Waals surface area contributed by atoms with Crippen LogP contribution in [0.2, 0.25) is 0 Å². The molecule has 7 heteroatoms. The fraction of sp³-hybridized carbons (Fsp3) is 0.320. The van der Waals surface area contributed by atoms with Crippen LogP contribution in [0, 0.1) is 0 Å². The van der Waals surface area contributed by atoms with E-state index in [1.54, 1.807) is 17.4 Å². The van der Waals surface area contributed by atoms with Crippen LogP contribution in [0.15, 0.2) is 72.1 Å². The number of carbonyl (C=O) groups is 1. The molecule has 1 amide bonds. The number of nitrogens with zero attached hydrogens (tertiary/aromatic N) is 1. The summed E-state index contributed by atoms with van der Waals surface area (Å²) in [6.07, 6.45) is 0. The Morgan fingerprint density at radius 2 is 1.72 bits per heavy atom. The molecule has 3 aromatic rings. The minimum absolute atomic E-state index is 0.134. The van der Waals surface area contributed by atoms with Gasteiger partial charge in [-0.1, -0.05) is 36.4 Å². The number of nitrogens with one attached hydrogen (secondary N) is 1. The highest BCUT2D eigenvalue weighted by molar-refractivity contribution is 7.10. The van der Waals surface area contributed by atoms with Gasteiger partial charge < -0.3 is 19.5 Å². The minimum Gasteiger partial charge on any atom is -0.490 e. The molecule has 1 aliphatic heterocycles. The molecule has 0 radical (unpaired) electrons. The number of carbonyl (C=O) groups excluding carboxylic acids is 1. The molecule has 1 N–H and O–H groups in total. The van der Waals surface area contributed by atoms with Crippen LogP contribution in [-0.4, -0.2) is 56.9 Å². The Labute approximate surface area is 192 Å². The lowest BCUT2D eigenvalue weighted by molar-refractivity contribution is 0.0169. The number of rotatable bonds is 10. The topological polar surface area (TPSA) is 60.0 Å². The van der Waals surface area contributed by atoms with Crippen LogP contribution >= 0.6 is 11.3 Å². The van der Waals surface area contributed by atoms with Crippen molar-refractivity contribution in [1.29, 1.82) is 0 Å². The number of ether oxygens (including phenoxy) is 3. The molecule has 4 rings (SSSR count). The Bertz CT molecular complexity index is 959. The molecular formula is C25H28N2O4S. The van der Waals surface area contributed by atoms with Gasteiger partial charge in [-0.3, -0.25) is 9.69 Å². The van der Waals surface area contributed by atoms with Crippen molar-refractivity contribution in [2.24, 2.45) is 0 Å². The van der Waals surface area contributed by atoms with Crippen molar-refractivity contribution >= 4 is 17.2 Å². The third-order valence-corrected chi connectivity index (χ3v) is 6.27. The van der Waals surface area contributed by atoms with Crippen LogP contribution in [0.1, 0.15) is 21.3 Å². The van der Waals surface area contributed by atoms with E-state index in [1.807, 2.05) is 48.5 Å². The molecule has 0 spiro atoms. The number of hydrogen-bond donors (Lipinski definition) is 1. The molecule has 6 nitrogen and oxygen atoms in total. The van der Waals surface area contributed by atoms with Crippen LogP contribution in [0.5, 0.6) is 11.5 Å². The second-order valence-corrected chi connectivity index (χ2v) is 8.37. The highest BCUT2D eigenvalue weighted by Gasteiger charge is 2.24. The van der Waals surface area contributed by atoms with Crippen molar-refractivity contribution in [3.05, 3.63) is 82.6 Å². The molecule has 1 aromatic heterocycles. The lowest BCUT2D eigenvalue weighted by Gasteiger charge is -2.34. The monoisotopic (exact) mass is 452 g/mol. The summed E-state index contributed by atoms with van der Waals surface area (Å²) in [5.41, 5.74) is 0.527. The number of amides is 1. The third-order valence-electron chi connectivity index (χ3n) is 5.30. The predicted molar refractivity (Wildman–Crippen MR) is 126 cm³/mol. The highest BCUT2D eigenvalue weighted by atomic mass is 32.1. The Morgan fingerprint density at radius 1 is 0.969 bits per heavy atom. The van der Waals surface area contributed by atoms with Crippen molar-refractivity contribution in [2.45, 2.75) is 6.04 Å². The summed E-state index contributed by atoms with van der Waals surface area (Å²) in [5, 5.41) is 5.19. The molecule has 1 saturated heterocycles. The standard InChI is InChI=1S/C25H28N2O4S/c28-25(26-19-22(24-11-6-18-32-24)27-12-14-29-15-13-27)21-9-4-5-10-23(21)31-17-16-30-20-7-2-1-3-8-20/h1-11,18,22H,12-17,19H2,(H,26,28). The van der Waals surface area contributed by atoms with E-state index in [0.29, 0.717) is 31.1 Å². The number of benzene rings is 2. The average Bonchev–Trinajstić information content (AvgIpc) is 3.38. The van der Waals surface area contributed by atoms with Gasteiger partial charge in [0, 0.05) is 24.5 Å². The Hall–Kier alpha value is -2.87. The second kappa shape index (κ2) is 11.7. The zero-order valence-electron chi connectivity index (χ0n) is 17.9. The Morgan fingerprint density at radius 3 is 2.50 bits per heavy atom. The van der Waals surface area contributed by atoms with Crippen molar-refractivity contribution in [3.63, 3.8) is 0 Å². The van der Waals surface area contributed by atoms with Crippen molar-refractivity contribution in [1.82, 2.24) is 10.2 Å². The summed E-state index contributed by atoms with van der Waals surface area (Å²) in [5.74, 6) is 1.21. The molecule has 2 heterocycles. The van der Waals surface area contributed by atoms with Crippen molar-refractivity contribution < 1.29 is 19.0 Å². The zero-order chi connectivity index (χ0) is 22.0. The Kier molecular flexibility index (Phi) is 8.14. The zero-order valence-corrected chi connectivity index (χ0v) is 18.8. The van der Waals surface area contributed by atoms with Gasteiger partial charge in [-0.2, -0.15) is 0 Å². The van der Waals surface area contributed by atoms with E-state index >= 15 is 0 Å². The predicted octanol–water partition coefficient (Wildman–Crippen LogP) is 4.01. The van der Waals surface area contributed by atoms with Crippen LogP contribution in [0.25, 0.3) is 0 Å². The lowest BCUT2D eigenvalue weighted by Crippen LogP contribution is -2.43. The van der Waals surface area contributed by atoms with Gasteiger partial charge in [0.15, 0.2) is 0 Å². The molecule has 1 fully saturated rings. The first kappa shape index (κ1) is 22.3. The highest BCUT2D eigenvalue weighted by Crippen LogP contribution is 2.26. The summed E-state index contributed by atoms with van der Waals surface area (Å²) in [4.78, 5) is 16.6. The van der Waals surface area contributed by atoms with Crippen LogP contribution in [0.4, 0.5) is 0 Å². The third kappa shape index (κ3) is 6.09. The van der Waals surface area contributed by atoms with Gasteiger partial charge in [-0.25, -0.2) is 0 Å². The summed E-state index contributed by atoms with van der Waals surface area (Å²) < 4.78 is 17.0. The van der Waals surface area contributed by atoms with E-state index in [-0.39, 0.29) is 11.9 Å². The van der Waals surface area contributed by atoms with Gasteiger partial charge in [0.25, 0.3) is 5.91 Å². The molecule has 0 saturated carbocycles. The molecule has 2 aromatic carbocycles. The van der Waals surface area contributed by atoms with Gasteiger partial charge in [0.1, 0.15) is 24.7 Å². The quantitative estimate of drug-likeness (QED) is 0.471. The molecule has 1 atom stereocenters. The van der Waals surface area contributed by atoms with E-state index in [0.717, 1.165) is 32.1 Å². The molecule has 0 bridgehead atoms. The molecule has 0 aliphatic carbocycles. The molecule has 168 valence electrons. The average molecular weight is 453 g/mol. The number of morpholine rings is 1. The van der Waals surface area contributed by atoms with Crippen LogP contribution < -0.4 is 14.8 Å². The molecule has 1 unspecified atom stereocenters. The number of para-hydroxylation sites is 2. The van der Waals surface area contributed by atoms with Gasteiger partial charge in [0.05, 0.1) is 24.8 Å². The van der Waals surface area contributed by atoms with Crippen molar-refractivity contribution in [2.75, 3.05) is 46.1 Å². The van der Waals surface area contributed by atoms with E-state index in [4.69, 9.17) is 14.2 Å². The summed E-state index contributed by atoms with van der Waals surface area (Å²) >= 11 is 1.71. The number of hydrogen-bond acceptors (Lipinski definition) is 6. The van der Waals surface area contributed by atoms with Gasteiger partial charge in [-0.05, 0) is 35.7 Å². The summed E-state index contributed by atoms with van der Waals surface area (Å²) in [7, 11) is 0. The second-order valence-electron chi connectivity index (χ2n) is 7.40. The normalized spacial score (nSPS) is 15.1. The van der Waals surface area contributed by atoms with Crippen LogP contribution in [-0.2, 0) is 4.74 Å². The SMILES string of the molecule is O=C(NCC(c1cccs1)N1CCOCC1)c1ccccc1OCCOc1ccccc1. The maximum absolute atomic E-state index is 13.0. The molecule has 1 aliphatic rings. The fourth-order valence-electron chi connectivity index (χ4n) is 3.67. The van der Waals surface area contributed by atoms with Gasteiger partial charge in [-0.15, -0.1) is 11.3 Å². The lowest BCUT2D eigenvalue weighted by atomic mass is 10.1. The molecule has 32 heavy (non-hydrogen) atoms. The first-order valence-corrected chi connectivity index (χ1v) is 11.7. The van der Waals surface area contributed by atoms with Crippen LogP contribution in [0.3, 0.4) is 0 Å². The van der Waals surface area contributed by atoms with Gasteiger partial charge >= 0.3 is 0 Å². The summed E-state index contributed by atoms with van der Waals surface area (Å²) in [6.45, 7) is 4.45. The summed E-state index contributed by atoms with van der Waals surface area (Å²) in [6, 6.07) is 21.2. The van der Waals surface area contributed by atoms with E-state index in [9.17, 15) is 4.79 Å². The maximum atomic E-state index is 13.0. The minimum atomic E-state index is -0.139. The maximum Gasteiger partial charge on any atom is 0.255 e. The van der Waals surface area contributed by atoms with Gasteiger partial charge in [0.2, 0.25) is 0 Å². The number of thiophene rings is 1. The van der Waals surface area contributed by atoms with E-state index < -0.39 is 0 Å².